The summed E-state index contributed by atoms with van der Waals surface area (Å²) >= 11 is 0. The fraction of sp³-hybridized carbons (Fsp3) is 0.600. The van der Waals surface area contributed by atoms with Crippen molar-refractivity contribution in [2.45, 2.75) is 38.6 Å². The van der Waals surface area contributed by atoms with Crippen molar-refractivity contribution in [1.82, 2.24) is 15.5 Å². The minimum Gasteiger partial charge on any atom is -0.497 e. The van der Waals surface area contributed by atoms with Crippen LogP contribution in [0.1, 0.15) is 31.7 Å². The van der Waals surface area contributed by atoms with Gasteiger partial charge in [0, 0.05) is 32.1 Å². The smallest absolute Gasteiger partial charge is 0.409 e. The molecule has 0 aromatic heterocycles. The first-order chi connectivity index (χ1) is 13.1. The standard InChI is InChI=1S/C20H31N3O4/c1-3-27-20(25)23-13-9-17(10-14-23)22-19(24)8-12-21-11-7-16-5-4-6-18(15-16)26-2/h4-6,15,17,21H,3,7-14H2,1-2H3,(H,22,24). The van der Waals surface area contributed by atoms with Gasteiger partial charge in [-0.05, 0) is 50.4 Å². The summed E-state index contributed by atoms with van der Waals surface area (Å²) < 4.78 is 10.2. The fourth-order valence-corrected chi connectivity index (χ4v) is 3.11. The van der Waals surface area contributed by atoms with E-state index in [-0.39, 0.29) is 18.0 Å². The molecule has 2 N–H and O–H groups in total. The summed E-state index contributed by atoms with van der Waals surface area (Å²) in [6, 6.07) is 8.14. The van der Waals surface area contributed by atoms with Crippen molar-refractivity contribution in [3.8, 4) is 5.75 Å². The number of piperidine rings is 1. The Labute approximate surface area is 161 Å². The molecule has 1 heterocycles. The van der Waals surface area contributed by atoms with Crippen LogP contribution in [0.4, 0.5) is 4.79 Å². The number of ether oxygens (including phenoxy) is 2. The van der Waals surface area contributed by atoms with Crippen LogP contribution in [0.2, 0.25) is 0 Å². The molecular weight excluding hydrogens is 346 g/mol. The molecule has 1 aliphatic heterocycles. The number of nitrogens with one attached hydrogen (secondary N) is 2. The second-order valence-corrected chi connectivity index (χ2v) is 6.63. The highest BCUT2D eigenvalue weighted by atomic mass is 16.6. The monoisotopic (exact) mass is 377 g/mol. The van der Waals surface area contributed by atoms with E-state index in [0.717, 1.165) is 31.6 Å². The molecule has 2 amide bonds. The number of methoxy groups -OCH3 is 1. The highest BCUT2D eigenvalue weighted by Crippen LogP contribution is 2.13. The second-order valence-electron chi connectivity index (χ2n) is 6.63. The zero-order valence-corrected chi connectivity index (χ0v) is 16.3. The quantitative estimate of drug-likeness (QED) is 0.643. The highest BCUT2D eigenvalue weighted by molar-refractivity contribution is 5.76. The van der Waals surface area contributed by atoms with Crippen molar-refractivity contribution in [2.24, 2.45) is 0 Å². The van der Waals surface area contributed by atoms with Crippen molar-refractivity contribution < 1.29 is 19.1 Å². The van der Waals surface area contributed by atoms with Crippen LogP contribution in [0.3, 0.4) is 0 Å². The van der Waals surface area contributed by atoms with Gasteiger partial charge in [-0.1, -0.05) is 12.1 Å². The number of nitrogens with zero attached hydrogens (tertiary/aromatic N) is 1. The molecule has 1 fully saturated rings. The third-order valence-electron chi connectivity index (χ3n) is 4.64. The van der Waals surface area contributed by atoms with Gasteiger partial charge in [0.15, 0.2) is 0 Å². The fourth-order valence-electron chi connectivity index (χ4n) is 3.11. The van der Waals surface area contributed by atoms with E-state index in [4.69, 9.17) is 9.47 Å². The van der Waals surface area contributed by atoms with Crippen molar-refractivity contribution in [1.29, 1.82) is 0 Å². The SMILES string of the molecule is CCOC(=O)N1CCC(NC(=O)CCNCCc2cccc(OC)c2)CC1. The van der Waals surface area contributed by atoms with Gasteiger partial charge in [0.05, 0.1) is 13.7 Å². The molecule has 0 unspecified atom stereocenters. The average Bonchev–Trinajstić information content (AvgIpc) is 2.68. The highest BCUT2D eigenvalue weighted by Gasteiger charge is 2.24. The Morgan fingerprint density at radius 1 is 1.22 bits per heavy atom. The minimum absolute atomic E-state index is 0.0541. The third kappa shape index (κ3) is 7.46. The summed E-state index contributed by atoms with van der Waals surface area (Å²) in [5, 5.41) is 6.36. The van der Waals surface area contributed by atoms with Gasteiger partial charge in [0.1, 0.15) is 5.75 Å². The largest absolute Gasteiger partial charge is 0.497 e. The van der Waals surface area contributed by atoms with Crippen LogP contribution in [0, 0.1) is 0 Å². The lowest BCUT2D eigenvalue weighted by molar-refractivity contribution is -0.121. The van der Waals surface area contributed by atoms with Crippen molar-refractivity contribution in [2.75, 3.05) is 39.9 Å². The second kappa shape index (κ2) is 11.4. The first-order valence-electron chi connectivity index (χ1n) is 9.67. The molecule has 1 aromatic carbocycles. The van der Waals surface area contributed by atoms with Gasteiger partial charge >= 0.3 is 6.09 Å². The third-order valence-corrected chi connectivity index (χ3v) is 4.64. The lowest BCUT2D eigenvalue weighted by Gasteiger charge is -2.31. The van der Waals surface area contributed by atoms with Gasteiger partial charge in [-0.2, -0.15) is 0 Å². The zero-order chi connectivity index (χ0) is 19.5. The maximum Gasteiger partial charge on any atom is 0.409 e. The maximum atomic E-state index is 12.1. The molecule has 1 aliphatic rings. The van der Waals surface area contributed by atoms with Crippen LogP contribution in [0.25, 0.3) is 0 Å². The van der Waals surface area contributed by atoms with Crippen LogP contribution in [0.15, 0.2) is 24.3 Å². The molecule has 1 saturated heterocycles. The Kier molecular flexibility index (Phi) is 8.91. The topological polar surface area (TPSA) is 79.9 Å². The molecule has 0 spiro atoms. The van der Waals surface area contributed by atoms with Crippen LogP contribution in [-0.2, 0) is 16.0 Å². The van der Waals surface area contributed by atoms with Crippen molar-refractivity contribution in [3.05, 3.63) is 29.8 Å². The van der Waals surface area contributed by atoms with Crippen molar-refractivity contribution in [3.63, 3.8) is 0 Å². The Hall–Kier alpha value is -2.28. The summed E-state index contributed by atoms with van der Waals surface area (Å²) in [4.78, 5) is 25.4. The molecule has 0 atom stereocenters. The maximum absolute atomic E-state index is 12.1. The number of rotatable bonds is 9. The number of likely N-dealkylation sites (tertiary alicyclic amines) is 1. The van der Waals surface area contributed by atoms with E-state index in [1.807, 2.05) is 18.2 Å². The van der Waals surface area contributed by atoms with Crippen LogP contribution in [-0.4, -0.2) is 62.8 Å². The first kappa shape index (κ1) is 21.0. The molecule has 27 heavy (non-hydrogen) atoms. The summed E-state index contributed by atoms with van der Waals surface area (Å²) in [7, 11) is 1.66. The van der Waals surface area contributed by atoms with Gasteiger partial charge in [0.2, 0.25) is 5.91 Å². The lowest BCUT2D eigenvalue weighted by Crippen LogP contribution is -2.47. The van der Waals surface area contributed by atoms with Gasteiger partial charge in [0.25, 0.3) is 0 Å². The van der Waals surface area contributed by atoms with Crippen LogP contribution in [0.5, 0.6) is 5.75 Å². The Morgan fingerprint density at radius 2 is 2.00 bits per heavy atom. The molecule has 0 saturated carbocycles. The Balaban J connectivity index is 1.55. The molecular formula is C20H31N3O4. The number of benzene rings is 1. The summed E-state index contributed by atoms with van der Waals surface area (Å²) in [6.45, 7) is 4.91. The molecule has 7 nitrogen and oxygen atoms in total. The summed E-state index contributed by atoms with van der Waals surface area (Å²) in [5.74, 6) is 0.916. The molecule has 150 valence electrons. The number of carbonyl (C=O) groups excluding carboxylic acids is 2. The van der Waals surface area contributed by atoms with E-state index in [1.165, 1.54) is 5.56 Å². The average molecular weight is 377 g/mol. The summed E-state index contributed by atoms with van der Waals surface area (Å²) in [6.07, 6.45) is 2.63. The minimum atomic E-state index is -0.262. The zero-order valence-electron chi connectivity index (χ0n) is 16.3. The summed E-state index contributed by atoms with van der Waals surface area (Å²) in [5.41, 5.74) is 1.21. The van der Waals surface area contributed by atoms with Crippen molar-refractivity contribution >= 4 is 12.0 Å². The van der Waals surface area contributed by atoms with Gasteiger partial charge < -0.3 is 25.0 Å². The molecule has 0 radical (unpaired) electrons. The molecule has 2 rings (SSSR count). The van der Waals surface area contributed by atoms with E-state index in [9.17, 15) is 9.59 Å². The Morgan fingerprint density at radius 3 is 2.70 bits per heavy atom. The van der Waals surface area contributed by atoms with E-state index >= 15 is 0 Å². The predicted molar refractivity (Wildman–Crippen MR) is 104 cm³/mol. The van der Waals surface area contributed by atoms with E-state index in [2.05, 4.69) is 16.7 Å². The normalized spacial score (nSPS) is 14.7. The lowest BCUT2D eigenvalue weighted by atomic mass is 10.1. The number of hydrogen-bond donors (Lipinski definition) is 2. The first-order valence-corrected chi connectivity index (χ1v) is 9.67. The number of hydrogen-bond acceptors (Lipinski definition) is 5. The van der Waals surface area contributed by atoms with Gasteiger partial charge in [-0.3, -0.25) is 4.79 Å². The predicted octanol–water partition coefficient (Wildman–Crippen LogP) is 1.95. The number of carbonyl (C=O) groups is 2. The molecule has 1 aromatic rings. The van der Waals surface area contributed by atoms with E-state index in [1.54, 1.807) is 18.9 Å². The number of amides is 2. The van der Waals surface area contributed by atoms with Crippen LogP contribution < -0.4 is 15.4 Å². The molecule has 7 heteroatoms. The van der Waals surface area contributed by atoms with E-state index < -0.39 is 0 Å². The molecule has 0 bridgehead atoms. The van der Waals surface area contributed by atoms with Gasteiger partial charge in [-0.25, -0.2) is 4.79 Å². The molecule has 0 aliphatic carbocycles. The van der Waals surface area contributed by atoms with Gasteiger partial charge in [-0.15, -0.1) is 0 Å². The Bertz CT molecular complexity index is 601. The van der Waals surface area contributed by atoms with E-state index in [0.29, 0.717) is 32.7 Å². The van der Waals surface area contributed by atoms with Crippen LogP contribution >= 0.6 is 0 Å².